The highest BCUT2D eigenvalue weighted by Gasteiger charge is 2.22. The largest absolute Gasteiger partial charge is 0.469 e. The fourth-order valence-corrected chi connectivity index (χ4v) is 5.74. The molecule has 1 aromatic heterocycles. The van der Waals surface area contributed by atoms with E-state index >= 15 is 0 Å². The van der Waals surface area contributed by atoms with Crippen LogP contribution in [0.1, 0.15) is 12.0 Å². The predicted molar refractivity (Wildman–Crippen MR) is 128 cm³/mol. The van der Waals surface area contributed by atoms with E-state index in [4.69, 9.17) is 9.79 Å². The topological polar surface area (TPSA) is 135 Å². The summed E-state index contributed by atoms with van der Waals surface area (Å²) >= 11 is 0.881. The number of hydrogen-bond donors (Lipinski definition) is 2. The van der Waals surface area contributed by atoms with Crippen LogP contribution in [0.25, 0.3) is 41.7 Å². The minimum atomic E-state index is -4.56. The van der Waals surface area contributed by atoms with Gasteiger partial charge in [0.2, 0.25) is 10.9 Å². The molecule has 0 fully saturated rings. The van der Waals surface area contributed by atoms with E-state index in [1.54, 1.807) is 30.3 Å². The van der Waals surface area contributed by atoms with Crippen LogP contribution in [0.5, 0.6) is 0 Å². The number of aryl methyl sites for hydroxylation is 1. The highest BCUT2D eigenvalue weighted by Crippen LogP contribution is 2.35. The fourth-order valence-electron chi connectivity index (χ4n) is 4.17. The number of phosphoric ester groups is 1. The van der Waals surface area contributed by atoms with Crippen LogP contribution in [0.3, 0.4) is 0 Å². The summed E-state index contributed by atoms with van der Waals surface area (Å²) < 4.78 is 15.4. The molecule has 5 aromatic rings. The first-order valence-corrected chi connectivity index (χ1v) is 12.3. The molecule has 5 rings (SSSR count). The molecule has 0 aliphatic carbocycles. The number of phosphoric acid groups is 1. The SMILES string of the molecule is O=c1c2ccccc2c(=O)c2c1sc1c(=O)c3ccc(CCCOP(=O)(O)O)cc3c(=O)c12. The number of benzene rings is 4. The summed E-state index contributed by atoms with van der Waals surface area (Å²) in [6.07, 6.45) is 0.642. The van der Waals surface area contributed by atoms with E-state index in [2.05, 4.69) is 4.52 Å². The Morgan fingerprint density at radius 2 is 1.30 bits per heavy atom. The molecule has 166 valence electrons. The van der Waals surface area contributed by atoms with E-state index < -0.39 is 24.1 Å². The molecule has 0 aliphatic heterocycles. The Morgan fingerprint density at radius 3 is 1.91 bits per heavy atom. The van der Waals surface area contributed by atoms with Crippen LogP contribution in [0, 0.1) is 0 Å². The second kappa shape index (κ2) is 7.76. The molecule has 4 aromatic carbocycles. The van der Waals surface area contributed by atoms with E-state index in [0.717, 1.165) is 11.3 Å². The van der Waals surface area contributed by atoms with Crippen LogP contribution < -0.4 is 21.7 Å². The first kappa shape index (κ1) is 21.8. The summed E-state index contributed by atoms with van der Waals surface area (Å²) in [5, 5.41) is 0.760. The zero-order valence-electron chi connectivity index (χ0n) is 16.9. The lowest BCUT2D eigenvalue weighted by Crippen LogP contribution is -2.15. The van der Waals surface area contributed by atoms with E-state index in [1.807, 2.05) is 0 Å². The third kappa shape index (κ3) is 3.55. The van der Waals surface area contributed by atoms with Crippen molar-refractivity contribution in [3.05, 3.63) is 88.9 Å². The average Bonchev–Trinajstić information content (AvgIpc) is 3.20. The van der Waals surface area contributed by atoms with Crippen LogP contribution in [-0.2, 0) is 15.5 Å². The Bertz CT molecular complexity index is 1860. The molecular weight excluding hydrogens is 467 g/mol. The van der Waals surface area contributed by atoms with Gasteiger partial charge >= 0.3 is 7.82 Å². The molecule has 8 nitrogen and oxygen atoms in total. The maximum Gasteiger partial charge on any atom is 0.469 e. The summed E-state index contributed by atoms with van der Waals surface area (Å²) in [4.78, 5) is 70.3. The van der Waals surface area contributed by atoms with Gasteiger partial charge in [-0.2, -0.15) is 0 Å². The van der Waals surface area contributed by atoms with Crippen molar-refractivity contribution in [2.24, 2.45) is 0 Å². The Balaban J connectivity index is 1.74. The highest BCUT2D eigenvalue weighted by molar-refractivity contribution is 7.46. The lowest BCUT2D eigenvalue weighted by Gasteiger charge is -2.06. The van der Waals surface area contributed by atoms with Gasteiger partial charge in [0.05, 0.1) is 26.8 Å². The van der Waals surface area contributed by atoms with Crippen LogP contribution in [0.4, 0.5) is 0 Å². The molecule has 0 unspecified atom stereocenters. The van der Waals surface area contributed by atoms with Gasteiger partial charge in [0.15, 0.2) is 10.9 Å². The van der Waals surface area contributed by atoms with Crippen molar-refractivity contribution in [1.82, 2.24) is 0 Å². The Hall–Kier alpha value is -3.07. The molecule has 0 atom stereocenters. The third-order valence-electron chi connectivity index (χ3n) is 5.63. The first-order valence-electron chi connectivity index (χ1n) is 9.95. The van der Waals surface area contributed by atoms with Crippen molar-refractivity contribution < 1.29 is 18.9 Å². The quantitative estimate of drug-likeness (QED) is 0.288. The number of hydrogen-bond acceptors (Lipinski definition) is 7. The lowest BCUT2D eigenvalue weighted by molar-refractivity contribution is 0.195. The first-order chi connectivity index (χ1) is 15.7. The molecule has 0 amide bonds. The normalized spacial score (nSPS) is 12.4. The van der Waals surface area contributed by atoms with Gasteiger partial charge in [0, 0.05) is 21.5 Å². The number of fused-ring (bicyclic) bond motifs is 5. The summed E-state index contributed by atoms with van der Waals surface area (Å²) in [6.45, 7) is -0.174. The summed E-state index contributed by atoms with van der Waals surface area (Å²) in [5.41, 5.74) is -1.07. The van der Waals surface area contributed by atoms with Crippen LogP contribution in [-0.4, -0.2) is 16.4 Å². The minimum Gasteiger partial charge on any atom is -0.303 e. The zero-order chi connectivity index (χ0) is 23.5. The van der Waals surface area contributed by atoms with Crippen molar-refractivity contribution in [2.45, 2.75) is 12.8 Å². The molecule has 0 spiro atoms. The van der Waals surface area contributed by atoms with Crippen LogP contribution in [0.2, 0.25) is 0 Å². The number of thiophene rings is 1. The second-order valence-electron chi connectivity index (χ2n) is 7.68. The second-order valence-corrected chi connectivity index (χ2v) is 9.94. The lowest BCUT2D eigenvalue weighted by atomic mass is 9.99. The van der Waals surface area contributed by atoms with E-state index in [9.17, 15) is 23.7 Å². The minimum absolute atomic E-state index is 0.0110. The van der Waals surface area contributed by atoms with E-state index in [0.29, 0.717) is 12.0 Å². The predicted octanol–water partition coefficient (Wildman–Crippen LogP) is 2.72. The summed E-state index contributed by atoms with van der Waals surface area (Å²) in [6, 6.07) is 11.1. The van der Waals surface area contributed by atoms with Crippen molar-refractivity contribution in [1.29, 1.82) is 0 Å². The molecule has 0 radical (unpaired) electrons. The smallest absolute Gasteiger partial charge is 0.303 e. The van der Waals surface area contributed by atoms with E-state index in [1.165, 1.54) is 12.1 Å². The number of rotatable bonds is 5. The Morgan fingerprint density at radius 1 is 0.758 bits per heavy atom. The molecule has 10 heteroatoms. The van der Waals surface area contributed by atoms with Crippen LogP contribution in [0.15, 0.2) is 61.6 Å². The molecule has 0 saturated carbocycles. The van der Waals surface area contributed by atoms with Gasteiger partial charge in [0.1, 0.15) is 0 Å². The zero-order valence-corrected chi connectivity index (χ0v) is 18.6. The standard InChI is InChI=1S/C23H15O8PS/c24-18-12-5-1-2-6-13(12)20(26)22-16(18)17-19(25)15-10-11(4-3-9-31-32(28,29)30)7-8-14(15)21(27)23(17)33-22/h1-2,5-8,10H,3-4,9H2,(H2,28,29,30). The van der Waals surface area contributed by atoms with Gasteiger partial charge in [-0.3, -0.25) is 23.7 Å². The Kier molecular flexibility index (Phi) is 5.12. The molecular formula is C23H15O8PS. The molecule has 0 aliphatic rings. The van der Waals surface area contributed by atoms with Gasteiger partial charge in [-0.15, -0.1) is 11.3 Å². The molecule has 33 heavy (non-hydrogen) atoms. The van der Waals surface area contributed by atoms with Gasteiger partial charge in [-0.25, -0.2) is 4.57 Å². The van der Waals surface area contributed by atoms with Gasteiger partial charge in [-0.1, -0.05) is 30.3 Å². The average molecular weight is 482 g/mol. The van der Waals surface area contributed by atoms with Crippen molar-refractivity contribution in [3.8, 4) is 0 Å². The maximum absolute atomic E-state index is 13.4. The summed E-state index contributed by atoms with van der Waals surface area (Å²) in [7, 11) is -4.56. The van der Waals surface area contributed by atoms with Crippen molar-refractivity contribution in [2.75, 3.05) is 6.61 Å². The monoisotopic (exact) mass is 482 g/mol. The van der Waals surface area contributed by atoms with E-state index in [-0.39, 0.29) is 60.2 Å². The Labute approximate surface area is 188 Å². The highest BCUT2D eigenvalue weighted by atomic mass is 32.1. The maximum atomic E-state index is 13.4. The van der Waals surface area contributed by atoms with Gasteiger partial charge < -0.3 is 9.79 Å². The molecule has 2 N–H and O–H groups in total. The molecule has 0 bridgehead atoms. The molecule has 1 heterocycles. The van der Waals surface area contributed by atoms with Gasteiger partial charge in [0.25, 0.3) is 0 Å². The summed E-state index contributed by atoms with van der Waals surface area (Å²) in [5.74, 6) is 0. The molecule has 0 saturated heterocycles. The third-order valence-corrected chi connectivity index (χ3v) is 7.34. The van der Waals surface area contributed by atoms with Crippen LogP contribution >= 0.6 is 19.2 Å². The van der Waals surface area contributed by atoms with Crippen molar-refractivity contribution >= 4 is 60.9 Å². The van der Waals surface area contributed by atoms with Gasteiger partial charge in [-0.05, 0) is 30.5 Å². The fraction of sp³-hybridized carbons (Fsp3) is 0.130. The van der Waals surface area contributed by atoms with Crippen molar-refractivity contribution in [3.63, 3.8) is 0 Å².